The summed E-state index contributed by atoms with van der Waals surface area (Å²) in [4.78, 5) is 10.9. The summed E-state index contributed by atoms with van der Waals surface area (Å²) in [6.07, 6.45) is 0. The Morgan fingerprint density at radius 3 is 2.67 bits per heavy atom. The van der Waals surface area contributed by atoms with Gasteiger partial charge in [-0.1, -0.05) is 0 Å². The Balaban J connectivity index is 2.63. The van der Waals surface area contributed by atoms with Crippen LogP contribution in [0, 0.1) is 13.8 Å². The number of carboxylic acid groups (broad SMARTS) is 1. The maximum Gasteiger partial charge on any atom is 0.337 e. The molecular formula is C11H11NO2S. The quantitative estimate of drug-likeness (QED) is 0.847. The molecule has 0 aromatic carbocycles. The Labute approximate surface area is 91.6 Å². The van der Waals surface area contributed by atoms with E-state index in [-0.39, 0.29) is 0 Å². The van der Waals surface area contributed by atoms with Gasteiger partial charge in [0, 0.05) is 11.4 Å². The molecule has 0 saturated heterocycles. The maximum atomic E-state index is 10.9. The molecule has 0 aliphatic heterocycles. The Morgan fingerprint density at radius 1 is 1.47 bits per heavy atom. The summed E-state index contributed by atoms with van der Waals surface area (Å²) in [7, 11) is 0. The van der Waals surface area contributed by atoms with Crippen LogP contribution in [0.1, 0.15) is 21.7 Å². The lowest BCUT2D eigenvalue weighted by Crippen LogP contribution is -2.00. The molecule has 0 saturated carbocycles. The molecule has 0 aliphatic carbocycles. The summed E-state index contributed by atoms with van der Waals surface area (Å²) in [6.45, 7) is 3.75. The van der Waals surface area contributed by atoms with Crippen molar-refractivity contribution in [2.24, 2.45) is 0 Å². The molecular weight excluding hydrogens is 210 g/mol. The minimum Gasteiger partial charge on any atom is -0.478 e. The Hall–Kier alpha value is -1.55. The molecule has 0 spiro atoms. The molecule has 15 heavy (non-hydrogen) atoms. The number of hydrogen-bond donors (Lipinski definition) is 1. The second-order valence-corrected chi connectivity index (χ2v) is 4.30. The van der Waals surface area contributed by atoms with Gasteiger partial charge in [-0.2, -0.15) is 0 Å². The number of carboxylic acids is 1. The molecule has 0 unspecified atom stereocenters. The molecule has 2 aromatic rings. The van der Waals surface area contributed by atoms with E-state index < -0.39 is 5.97 Å². The van der Waals surface area contributed by atoms with E-state index in [2.05, 4.69) is 0 Å². The first-order valence-corrected chi connectivity index (χ1v) is 5.45. The molecule has 0 aliphatic rings. The van der Waals surface area contributed by atoms with E-state index in [0.717, 1.165) is 16.4 Å². The van der Waals surface area contributed by atoms with Gasteiger partial charge in [-0.05, 0) is 37.4 Å². The topological polar surface area (TPSA) is 42.2 Å². The van der Waals surface area contributed by atoms with Gasteiger partial charge < -0.3 is 9.67 Å². The van der Waals surface area contributed by atoms with E-state index in [1.54, 1.807) is 17.4 Å². The van der Waals surface area contributed by atoms with Gasteiger partial charge in [0.2, 0.25) is 0 Å². The molecule has 2 rings (SSSR count). The van der Waals surface area contributed by atoms with Crippen LogP contribution in [-0.4, -0.2) is 15.6 Å². The molecule has 4 heteroatoms. The Bertz CT molecular complexity index is 497. The average Bonchev–Trinajstić information content (AvgIpc) is 2.73. The van der Waals surface area contributed by atoms with E-state index in [0.29, 0.717) is 5.56 Å². The number of hydrogen-bond acceptors (Lipinski definition) is 2. The van der Waals surface area contributed by atoms with Crippen LogP contribution >= 0.6 is 11.3 Å². The van der Waals surface area contributed by atoms with E-state index in [1.165, 1.54) is 0 Å². The zero-order chi connectivity index (χ0) is 11.0. The van der Waals surface area contributed by atoms with E-state index in [4.69, 9.17) is 5.11 Å². The van der Waals surface area contributed by atoms with Crippen molar-refractivity contribution in [3.05, 3.63) is 40.5 Å². The summed E-state index contributed by atoms with van der Waals surface area (Å²) >= 11 is 1.60. The normalized spacial score (nSPS) is 10.5. The first-order chi connectivity index (χ1) is 7.11. The fraction of sp³-hybridized carbons (Fsp3) is 0.182. The number of aromatic carboxylic acids is 1. The van der Waals surface area contributed by atoms with Gasteiger partial charge in [0.05, 0.1) is 10.6 Å². The van der Waals surface area contributed by atoms with Crippen molar-refractivity contribution < 1.29 is 9.90 Å². The fourth-order valence-corrected chi connectivity index (χ4v) is 2.56. The molecule has 2 heterocycles. The summed E-state index contributed by atoms with van der Waals surface area (Å²) in [5, 5.41) is 12.0. The van der Waals surface area contributed by atoms with Crippen molar-refractivity contribution in [2.45, 2.75) is 13.8 Å². The lowest BCUT2D eigenvalue weighted by molar-refractivity contribution is 0.0696. The van der Waals surface area contributed by atoms with Gasteiger partial charge in [0.1, 0.15) is 0 Å². The van der Waals surface area contributed by atoms with E-state index in [9.17, 15) is 4.79 Å². The number of nitrogens with zero attached hydrogens (tertiary/aromatic N) is 1. The van der Waals surface area contributed by atoms with Crippen LogP contribution in [0.15, 0.2) is 23.6 Å². The molecule has 3 nitrogen and oxygen atoms in total. The van der Waals surface area contributed by atoms with Gasteiger partial charge in [0.25, 0.3) is 0 Å². The minimum absolute atomic E-state index is 0.376. The van der Waals surface area contributed by atoms with Gasteiger partial charge in [-0.15, -0.1) is 11.3 Å². The number of aromatic nitrogens is 1. The Kier molecular flexibility index (Phi) is 2.36. The number of aryl methyl sites for hydroxylation is 1. The maximum absolute atomic E-state index is 10.9. The second kappa shape index (κ2) is 3.55. The molecule has 0 atom stereocenters. The van der Waals surface area contributed by atoms with Crippen molar-refractivity contribution in [1.29, 1.82) is 0 Å². The first-order valence-electron chi connectivity index (χ1n) is 4.57. The summed E-state index contributed by atoms with van der Waals surface area (Å²) in [5.41, 5.74) is 2.11. The molecule has 1 N–H and O–H groups in total. The van der Waals surface area contributed by atoms with Crippen LogP contribution in [0.5, 0.6) is 0 Å². The third-order valence-electron chi connectivity index (χ3n) is 2.39. The van der Waals surface area contributed by atoms with Crippen LogP contribution in [0.4, 0.5) is 0 Å². The average molecular weight is 221 g/mol. The van der Waals surface area contributed by atoms with Gasteiger partial charge in [-0.25, -0.2) is 4.79 Å². The highest BCUT2D eigenvalue weighted by Gasteiger charge is 2.15. The largest absolute Gasteiger partial charge is 0.478 e. The highest BCUT2D eigenvalue weighted by Crippen LogP contribution is 2.23. The number of thiophene rings is 1. The summed E-state index contributed by atoms with van der Waals surface area (Å²) < 4.78 is 1.97. The smallest absolute Gasteiger partial charge is 0.337 e. The van der Waals surface area contributed by atoms with Crippen LogP contribution in [-0.2, 0) is 0 Å². The van der Waals surface area contributed by atoms with Crippen LogP contribution in [0.3, 0.4) is 0 Å². The summed E-state index contributed by atoms with van der Waals surface area (Å²) in [5.74, 6) is -0.870. The fourth-order valence-electron chi connectivity index (χ4n) is 1.72. The van der Waals surface area contributed by atoms with Crippen molar-refractivity contribution in [3.8, 4) is 5.00 Å². The molecule has 0 amide bonds. The second-order valence-electron chi connectivity index (χ2n) is 3.38. The Morgan fingerprint density at radius 2 is 2.20 bits per heavy atom. The zero-order valence-electron chi connectivity index (χ0n) is 8.52. The monoisotopic (exact) mass is 221 g/mol. The molecule has 0 fully saturated rings. The van der Waals surface area contributed by atoms with E-state index in [1.807, 2.05) is 35.9 Å². The van der Waals surface area contributed by atoms with Gasteiger partial charge in [-0.3, -0.25) is 0 Å². The third kappa shape index (κ3) is 1.57. The van der Waals surface area contributed by atoms with Crippen LogP contribution < -0.4 is 0 Å². The first kappa shape index (κ1) is 9.98. The van der Waals surface area contributed by atoms with Crippen molar-refractivity contribution in [1.82, 2.24) is 4.57 Å². The molecule has 0 bridgehead atoms. The van der Waals surface area contributed by atoms with E-state index >= 15 is 0 Å². The highest BCUT2D eigenvalue weighted by molar-refractivity contribution is 7.12. The minimum atomic E-state index is -0.870. The number of rotatable bonds is 2. The third-order valence-corrected chi connectivity index (χ3v) is 3.24. The SMILES string of the molecule is Cc1cc(C(=O)O)c(C)n1-c1cccs1. The van der Waals surface area contributed by atoms with Gasteiger partial charge >= 0.3 is 5.97 Å². The standard InChI is InChI=1S/C11H11NO2S/c1-7-6-9(11(13)14)8(2)12(7)10-4-3-5-15-10/h3-6H,1-2H3,(H,13,14). The van der Waals surface area contributed by atoms with Crippen molar-refractivity contribution in [2.75, 3.05) is 0 Å². The summed E-state index contributed by atoms with van der Waals surface area (Å²) in [6, 6.07) is 5.65. The lowest BCUT2D eigenvalue weighted by atomic mass is 10.2. The van der Waals surface area contributed by atoms with Gasteiger partial charge in [0.15, 0.2) is 0 Å². The highest BCUT2D eigenvalue weighted by atomic mass is 32.1. The predicted molar refractivity (Wildman–Crippen MR) is 60.1 cm³/mol. The van der Waals surface area contributed by atoms with Crippen molar-refractivity contribution >= 4 is 17.3 Å². The lowest BCUT2D eigenvalue weighted by Gasteiger charge is -2.05. The molecule has 0 radical (unpaired) electrons. The predicted octanol–water partition coefficient (Wildman–Crippen LogP) is 2.85. The van der Waals surface area contributed by atoms with Crippen LogP contribution in [0.2, 0.25) is 0 Å². The van der Waals surface area contributed by atoms with Crippen LogP contribution in [0.25, 0.3) is 5.00 Å². The zero-order valence-corrected chi connectivity index (χ0v) is 9.34. The van der Waals surface area contributed by atoms with Crippen molar-refractivity contribution in [3.63, 3.8) is 0 Å². The molecule has 78 valence electrons. The number of carbonyl (C=O) groups is 1. The molecule has 2 aromatic heterocycles.